The number of carbonyl (C=O) groups excluding carboxylic acids is 1. The topological polar surface area (TPSA) is 55.8 Å². The molecule has 1 aliphatic heterocycles. The van der Waals surface area contributed by atoms with Crippen LogP contribution in [0, 0.1) is 80.3 Å². The summed E-state index contributed by atoms with van der Waals surface area (Å²) in [5.41, 5.74) is 2.42. The van der Waals surface area contributed by atoms with Gasteiger partial charge in [-0.3, -0.25) is 4.79 Å². The molecular weight excluding hydrogens is 544 g/mol. The molecule has 0 bridgehead atoms. The van der Waals surface area contributed by atoms with E-state index < -0.39 is 6.29 Å². The summed E-state index contributed by atoms with van der Waals surface area (Å²) in [5.74, 6) is 4.35. The number of fused-ring (bicyclic) bond motifs is 8. The van der Waals surface area contributed by atoms with Crippen LogP contribution in [0.5, 0.6) is 0 Å². The average Bonchev–Trinajstić information content (AvgIpc) is 3.55. The van der Waals surface area contributed by atoms with Gasteiger partial charge in [-0.25, -0.2) is 0 Å². The summed E-state index contributed by atoms with van der Waals surface area (Å²) >= 11 is 0. The van der Waals surface area contributed by atoms with E-state index in [1.54, 1.807) is 0 Å². The van der Waals surface area contributed by atoms with Crippen LogP contribution in [-0.2, 0) is 14.3 Å². The van der Waals surface area contributed by atoms with Gasteiger partial charge in [-0.05, 0) is 152 Å². The number of allylic oxidation sites excluding steroid dienone is 1. The van der Waals surface area contributed by atoms with Crippen LogP contribution < -0.4 is 0 Å². The van der Waals surface area contributed by atoms with Gasteiger partial charge in [0.2, 0.25) is 6.29 Å². The van der Waals surface area contributed by atoms with E-state index in [1.807, 2.05) is 0 Å². The standard InChI is InChI=1S/C40H64O4/c1-23(2)26-14-19-40(22-41)21-20-38(8)28(33(26)40)12-13-30-37(7)17-16-31(36(5,6)29(37)15-18-39(30,38)9)43-35-25(4)27-11-10-24(3)32(27)34(42)44-35/h24-33,35,41H,1,10-22H2,2-9H3. The van der Waals surface area contributed by atoms with Gasteiger partial charge in [0.05, 0.1) is 12.0 Å². The van der Waals surface area contributed by atoms with Gasteiger partial charge in [0.25, 0.3) is 0 Å². The predicted molar refractivity (Wildman–Crippen MR) is 175 cm³/mol. The van der Waals surface area contributed by atoms with E-state index in [9.17, 15) is 9.90 Å². The minimum Gasteiger partial charge on any atom is -0.435 e. The fourth-order valence-electron chi connectivity index (χ4n) is 14.8. The predicted octanol–water partition coefficient (Wildman–Crippen LogP) is 9.20. The second-order valence-electron chi connectivity index (χ2n) is 19.1. The number of aliphatic hydroxyl groups is 1. The third-order valence-electron chi connectivity index (χ3n) is 17.4. The number of rotatable bonds is 4. The molecule has 0 aromatic rings. The number of cyclic esters (lactones) is 1. The molecule has 0 aromatic carbocycles. The Morgan fingerprint density at radius 3 is 2.34 bits per heavy atom. The molecular formula is C40H64O4. The second-order valence-corrected chi connectivity index (χ2v) is 19.1. The number of carbonyl (C=O) groups is 1. The zero-order valence-corrected chi connectivity index (χ0v) is 29.4. The molecule has 7 fully saturated rings. The number of hydrogen-bond donors (Lipinski definition) is 1. The van der Waals surface area contributed by atoms with Gasteiger partial charge in [0.1, 0.15) is 0 Å². The first-order valence-electron chi connectivity index (χ1n) is 18.8. The summed E-state index contributed by atoms with van der Waals surface area (Å²) in [6, 6.07) is 0. The summed E-state index contributed by atoms with van der Waals surface area (Å²) in [5, 5.41) is 10.8. The summed E-state index contributed by atoms with van der Waals surface area (Å²) in [4.78, 5) is 13.1. The zero-order chi connectivity index (χ0) is 31.6. The Kier molecular flexibility index (Phi) is 7.43. The van der Waals surface area contributed by atoms with E-state index in [4.69, 9.17) is 9.47 Å². The maximum atomic E-state index is 13.1. The second kappa shape index (κ2) is 10.3. The van der Waals surface area contributed by atoms with Crippen molar-refractivity contribution in [3.8, 4) is 0 Å². The number of hydrogen-bond acceptors (Lipinski definition) is 4. The zero-order valence-electron chi connectivity index (χ0n) is 29.4. The monoisotopic (exact) mass is 608 g/mol. The van der Waals surface area contributed by atoms with Crippen molar-refractivity contribution in [1.82, 2.24) is 0 Å². The van der Waals surface area contributed by atoms with Crippen molar-refractivity contribution in [3.05, 3.63) is 12.2 Å². The first-order valence-corrected chi connectivity index (χ1v) is 18.8. The van der Waals surface area contributed by atoms with Crippen LogP contribution in [0.4, 0.5) is 0 Å². The van der Waals surface area contributed by atoms with Crippen LogP contribution in [0.25, 0.3) is 0 Å². The fraction of sp³-hybridized carbons (Fsp3) is 0.925. The summed E-state index contributed by atoms with van der Waals surface area (Å²) in [6.07, 6.45) is 14.3. The first-order chi connectivity index (χ1) is 20.6. The third-order valence-corrected chi connectivity index (χ3v) is 17.4. The van der Waals surface area contributed by atoms with Gasteiger partial charge in [-0.15, -0.1) is 0 Å². The molecule has 15 atom stereocenters. The van der Waals surface area contributed by atoms with Gasteiger partial charge in [-0.1, -0.05) is 60.6 Å². The van der Waals surface area contributed by atoms with Crippen molar-refractivity contribution in [3.63, 3.8) is 0 Å². The van der Waals surface area contributed by atoms with Gasteiger partial charge < -0.3 is 14.6 Å². The molecule has 1 N–H and O–H groups in total. The molecule has 4 nitrogen and oxygen atoms in total. The molecule has 0 amide bonds. The molecule has 4 heteroatoms. The third kappa shape index (κ3) is 4.03. The van der Waals surface area contributed by atoms with Crippen LogP contribution in [0.15, 0.2) is 12.2 Å². The summed E-state index contributed by atoms with van der Waals surface area (Å²) in [7, 11) is 0. The maximum absolute atomic E-state index is 13.1. The van der Waals surface area contributed by atoms with Crippen LogP contribution in [0.1, 0.15) is 132 Å². The molecule has 7 aliphatic rings. The Morgan fingerprint density at radius 2 is 1.64 bits per heavy atom. The normalized spacial score (nSPS) is 56.0. The molecule has 7 rings (SSSR count). The molecule has 0 aromatic heterocycles. The highest BCUT2D eigenvalue weighted by Crippen LogP contribution is 2.77. The Labute approximate surface area is 268 Å². The van der Waals surface area contributed by atoms with E-state index in [1.165, 1.54) is 63.4 Å². The summed E-state index contributed by atoms with van der Waals surface area (Å²) < 4.78 is 13.1. The molecule has 15 unspecified atom stereocenters. The fourth-order valence-corrected chi connectivity index (χ4v) is 14.8. The molecule has 248 valence electrons. The smallest absolute Gasteiger partial charge is 0.311 e. The Bertz CT molecular complexity index is 1180. The van der Waals surface area contributed by atoms with E-state index in [-0.39, 0.29) is 34.7 Å². The quantitative estimate of drug-likeness (QED) is 0.196. The molecule has 6 saturated carbocycles. The van der Waals surface area contributed by atoms with Crippen molar-refractivity contribution in [2.45, 2.75) is 145 Å². The number of esters is 1. The number of ether oxygens (including phenoxy) is 2. The molecule has 6 aliphatic carbocycles. The molecule has 0 radical (unpaired) electrons. The van der Waals surface area contributed by atoms with Crippen molar-refractivity contribution in [2.24, 2.45) is 80.3 Å². The SMILES string of the molecule is C=C(C)C1CCC2(CO)CCC3(C)C(CCC4C5(C)CCC(OC6OC(=O)C7C(C)CCC7C6C)C(C)(C)C5CCC43C)C12. The van der Waals surface area contributed by atoms with Crippen LogP contribution >= 0.6 is 0 Å². The Hall–Kier alpha value is -0.870. The molecule has 1 heterocycles. The van der Waals surface area contributed by atoms with E-state index in [0.717, 1.165) is 19.3 Å². The lowest BCUT2D eigenvalue weighted by molar-refractivity contribution is -0.282. The highest BCUT2D eigenvalue weighted by Gasteiger charge is 2.71. The lowest BCUT2D eigenvalue weighted by atomic mass is 9.32. The Balaban J connectivity index is 1.14. The lowest BCUT2D eigenvalue weighted by Gasteiger charge is -2.73. The minimum absolute atomic E-state index is 0.00570. The van der Waals surface area contributed by atoms with Gasteiger partial charge >= 0.3 is 5.97 Å². The van der Waals surface area contributed by atoms with Crippen molar-refractivity contribution in [1.29, 1.82) is 0 Å². The molecule has 1 saturated heterocycles. The van der Waals surface area contributed by atoms with Crippen molar-refractivity contribution >= 4 is 5.97 Å². The Morgan fingerprint density at radius 1 is 0.886 bits per heavy atom. The largest absolute Gasteiger partial charge is 0.435 e. The average molecular weight is 609 g/mol. The highest BCUT2D eigenvalue weighted by atomic mass is 16.7. The van der Waals surface area contributed by atoms with Crippen LogP contribution in [-0.4, -0.2) is 30.1 Å². The highest BCUT2D eigenvalue weighted by molar-refractivity contribution is 5.74. The van der Waals surface area contributed by atoms with Gasteiger partial charge in [-0.2, -0.15) is 0 Å². The lowest BCUT2D eigenvalue weighted by Crippen LogP contribution is -2.67. The van der Waals surface area contributed by atoms with Crippen LogP contribution in [0.2, 0.25) is 0 Å². The number of aliphatic hydroxyl groups excluding tert-OH is 1. The molecule has 44 heavy (non-hydrogen) atoms. The van der Waals surface area contributed by atoms with Crippen molar-refractivity contribution < 1.29 is 19.4 Å². The van der Waals surface area contributed by atoms with E-state index >= 15 is 0 Å². The maximum Gasteiger partial charge on any atom is 0.311 e. The minimum atomic E-state index is -0.396. The van der Waals surface area contributed by atoms with Gasteiger partial charge in [0.15, 0.2) is 0 Å². The summed E-state index contributed by atoms with van der Waals surface area (Å²) in [6.45, 7) is 24.6. The molecule has 0 spiro atoms. The van der Waals surface area contributed by atoms with Gasteiger partial charge in [0, 0.05) is 12.5 Å². The van der Waals surface area contributed by atoms with E-state index in [0.29, 0.717) is 64.3 Å². The van der Waals surface area contributed by atoms with E-state index in [2.05, 4.69) is 62.0 Å². The first kappa shape index (κ1) is 31.7. The van der Waals surface area contributed by atoms with Crippen LogP contribution in [0.3, 0.4) is 0 Å². The van der Waals surface area contributed by atoms with Crippen molar-refractivity contribution in [2.75, 3.05) is 6.61 Å².